The Labute approximate surface area is 746 Å². The van der Waals surface area contributed by atoms with Crippen LogP contribution in [0.1, 0.15) is 13.7 Å². The number of fused-ring (bicyclic) bond motifs is 15. The summed E-state index contributed by atoms with van der Waals surface area (Å²) in [4.78, 5) is 0. The van der Waals surface area contributed by atoms with Gasteiger partial charge in [0.1, 0.15) is 33.5 Å². The van der Waals surface area contributed by atoms with Crippen LogP contribution >= 0.6 is 0 Å². The Balaban J connectivity index is 0.000000109. The fourth-order valence-electron chi connectivity index (χ4n) is 20.3. The zero-order valence-electron chi connectivity index (χ0n) is 78.3. The van der Waals surface area contributed by atoms with Crippen molar-refractivity contribution < 1.29 is 27.0 Å². The maximum Gasteiger partial charge on any atom is 0.143 e. The summed E-state index contributed by atoms with van der Waals surface area (Å²) >= 11 is 0. The molecule has 0 saturated carbocycles. The molecule has 3 aromatic heterocycles. The molecule has 27 aromatic rings. The molecule has 0 unspecified atom stereocenters. The van der Waals surface area contributed by atoms with Crippen LogP contribution in [-0.2, 0) is 0 Å². The van der Waals surface area contributed by atoms with Gasteiger partial charge in [0.25, 0.3) is 0 Å². The number of hydrogen-bond acceptors (Lipinski definition) is 3. The van der Waals surface area contributed by atoms with Crippen LogP contribution < -0.4 is 0 Å². The molecule has 0 N–H and O–H groups in total. The van der Waals surface area contributed by atoms with Crippen LogP contribution in [0.5, 0.6) is 0 Å². The lowest BCUT2D eigenvalue weighted by atomic mass is 9.82. The van der Waals surface area contributed by atoms with Gasteiger partial charge in [0.2, 0.25) is 0 Å². The first kappa shape index (κ1) is 63.3. The van der Waals surface area contributed by atoms with E-state index in [9.17, 15) is 0 Å². The van der Waals surface area contributed by atoms with E-state index in [0.717, 1.165) is 165 Å². The van der Waals surface area contributed by atoms with Gasteiger partial charge in [0.05, 0.1) is 13.7 Å². The van der Waals surface area contributed by atoms with Gasteiger partial charge in [-0.05, 0) is 246 Å². The minimum Gasteiger partial charge on any atom is -0.456 e. The van der Waals surface area contributed by atoms with E-state index < -0.39 is 12.1 Å². The number of benzene rings is 24. The molecular weight excluding hydrogens is 1540 g/mol. The molecule has 3 heterocycles. The van der Waals surface area contributed by atoms with Gasteiger partial charge >= 0.3 is 0 Å². The van der Waals surface area contributed by atoms with Gasteiger partial charge < -0.3 is 13.3 Å². The summed E-state index contributed by atoms with van der Waals surface area (Å²) in [5.41, 5.74) is 22.5. The van der Waals surface area contributed by atoms with Crippen molar-refractivity contribution in [2.45, 2.75) is 0 Å². The lowest BCUT2D eigenvalue weighted by Gasteiger charge is -2.20. The summed E-state index contributed by atoms with van der Waals surface area (Å²) in [6.45, 7) is 0. The molecule has 0 radical (unpaired) electrons. The third-order valence-electron chi connectivity index (χ3n) is 25.7. The van der Waals surface area contributed by atoms with E-state index in [1.54, 1.807) is 0 Å². The highest BCUT2D eigenvalue weighted by atomic mass is 16.3. The van der Waals surface area contributed by atoms with Gasteiger partial charge in [0.15, 0.2) is 0 Å². The summed E-state index contributed by atoms with van der Waals surface area (Å²) in [7, 11) is 0. The number of furan rings is 3. The number of para-hydroxylation sites is 1. The standard InChI is InChI=1S/C48H28O.2C38H24O/c1-2-11-29(12-3-1)33-27-28-41(47-40-19-8-9-20-42(40)49-48(33)47)46-36-17-6-4-15-34(36)45(35-16-5-7-18-37(35)46)39-26-24-32-22-21-30-13-10-14-31-23-25-38(39)44(32)43(30)31;1-3-12-25(13-4-1)28-20-11-21-35-38(28)33-24-27(22-23-34(33)39-35)37-31-18-9-7-16-29(31)36(26-14-5-2-6-15-26)30-17-8-10-19-32(30)37;1-3-11-25(12-4-1)27-19-21-29-34-23-28(20-22-35(34)39-36(29)24-27)38-32-17-9-7-15-30(32)37(26-13-5-2-6-14-26)31-16-8-10-18-33(31)38/h1-28H;2*1-24H/i;2D,5D,6D,14D,15D;2D,5D,6D,13D,14D. The van der Waals surface area contributed by atoms with Crippen molar-refractivity contribution in [3.8, 4) is 100 Å². The fraction of sp³-hybridized carbons (Fsp3) is 0. The van der Waals surface area contributed by atoms with Crippen molar-refractivity contribution in [2.75, 3.05) is 0 Å². The van der Waals surface area contributed by atoms with E-state index in [0.29, 0.717) is 11.1 Å². The Kier molecular flexibility index (Phi) is 15.0. The zero-order chi connectivity index (χ0) is 92.3. The molecular formula is C124H76O3. The average Bonchev–Trinajstić information content (AvgIpc) is 1.67. The van der Waals surface area contributed by atoms with E-state index in [-0.39, 0.29) is 59.5 Å². The van der Waals surface area contributed by atoms with E-state index >= 15 is 0 Å². The molecule has 3 heteroatoms. The fourth-order valence-corrected chi connectivity index (χ4v) is 20.3. The van der Waals surface area contributed by atoms with Crippen LogP contribution in [0.15, 0.2) is 474 Å². The van der Waals surface area contributed by atoms with Crippen LogP contribution in [0.3, 0.4) is 0 Å². The zero-order valence-corrected chi connectivity index (χ0v) is 68.3. The molecule has 0 spiro atoms. The summed E-state index contributed by atoms with van der Waals surface area (Å²) < 4.78 is 104. The van der Waals surface area contributed by atoms with Gasteiger partial charge in [-0.25, -0.2) is 0 Å². The van der Waals surface area contributed by atoms with Crippen molar-refractivity contribution in [3.63, 3.8) is 0 Å². The third kappa shape index (κ3) is 12.0. The normalized spacial score (nSPS) is 12.9. The Hall–Kier alpha value is -16.7. The first-order valence-electron chi connectivity index (χ1n) is 47.8. The minimum absolute atomic E-state index is 0.207. The molecule has 0 atom stereocenters. The van der Waals surface area contributed by atoms with Gasteiger partial charge in [0, 0.05) is 37.9 Å². The molecule has 0 bridgehead atoms. The van der Waals surface area contributed by atoms with Crippen molar-refractivity contribution in [1.82, 2.24) is 0 Å². The second kappa shape index (κ2) is 30.1. The molecule has 0 aliphatic heterocycles. The van der Waals surface area contributed by atoms with Crippen molar-refractivity contribution in [3.05, 3.63) is 461 Å². The topological polar surface area (TPSA) is 39.4 Å². The van der Waals surface area contributed by atoms with Crippen LogP contribution in [0.2, 0.25) is 0 Å². The Morgan fingerprint density at radius 1 is 0.150 bits per heavy atom. The maximum atomic E-state index is 8.80. The molecule has 127 heavy (non-hydrogen) atoms. The summed E-state index contributed by atoms with van der Waals surface area (Å²) in [6.07, 6.45) is 0. The number of rotatable bonds is 9. The Morgan fingerprint density at radius 2 is 0.512 bits per heavy atom. The van der Waals surface area contributed by atoms with Crippen LogP contribution in [0.4, 0.5) is 0 Å². The van der Waals surface area contributed by atoms with E-state index in [4.69, 9.17) is 27.0 Å². The maximum absolute atomic E-state index is 8.80. The largest absolute Gasteiger partial charge is 0.456 e. The van der Waals surface area contributed by atoms with Crippen LogP contribution in [0, 0.1) is 0 Å². The van der Waals surface area contributed by atoms with E-state index in [1.807, 2.05) is 158 Å². The van der Waals surface area contributed by atoms with Crippen LogP contribution in [-0.4, -0.2) is 0 Å². The highest BCUT2D eigenvalue weighted by Crippen LogP contribution is 2.53. The number of hydrogen-bond donors (Lipinski definition) is 0. The monoisotopic (exact) mass is 1620 g/mol. The molecule has 590 valence electrons. The second-order valence-electron chi connectivity index (χ2n) is 32.6. The molecule has 0 saturated heterocycles. The highest BCUT2D eigenvalue weighted by Gasteiger charge is 2.27. The lowest BCUT2D eigenvalue weighted by Crippen LogP contribution is -1.93. The lowest BCUT2D eigenvalue weighted by molar-refractivity contribution is 0.668. The molecule has 0 aliphatic carbocycles. The van der Waals surface area contributed by atoms with E-state index in [2.05, 4.69) is 243 Å². The Morgan fingerprint density at radius 3 is 1.04 bits per heavy atom. The van der Waals surface area contributed by atoms with Gasteiger partial charge in [-0.3, -0.25) is 0 Å². The summed E-state index contributed by atoms with van der Waals surface area (Å²) in [5, 5.41) is 26.2. The molecule has 27 rings (SSSR count). The predicted molar refractivity (Wildman–Crippen MR) is 539 cm³/mol. The second-order valence-corrected chi connectivity index (χ2v) is 32.6. The summed E-state index contributed by atoms with van der Waals surface area (Å²) in [5.74, 6) is 0. The minimum atomic E-state index is -0.399. The van der Waals surface area contributed by atoms with Crippen LogP contribution in [0.25, 0.3) is 263 Å². The van der Waals surface area contributed by atoms with Gasteiger partial charge in [-0.15, -0.1) is 0 Å². The smallest absolute Gasteiger partial charge is 0.143 e. The first-order chi connectivity index (χ1) is 67.2. The molecule has 3 nitrogen and oxygen atoms in total. The predicted octanol–water partition coefficient (Wildman–Crippen LogP) is 35.6. The van der Waals surface area contributed by atoms with Crippen molar-refractivity contribution in [2.24, 2.45) is 0 Å². The SMILES string of the molecule is [2H]c1c([2H])c([2H])c(-c2c3ccccc3c(-c3ccc4oc5cc(-c6ccccc6)ccc5c4c3)c3ccccc23)c([2H])c1[2H].[2H]c1c([2H])c([2H])c(-c2c3ccccc3c(-c3ccc4oc5cccc(-c6ccccc6)c5c4c3)c3ccccc23)c([2H])c1[2H].c1ccc(-c2ccc(-c3c4ccccc4c(-c4ccc5ccc6cccc7ccc4c5c67)c4ccccc34)c3c2oc2ccccc23)cc1. The highest BCUT2D eigenvalue weighted by molar-refractivity contribution is 6.32. The molecule has 0 fully saturated rings. The van der Waals surface area contributed by atoms with E-state index in [1.165, 1.54) is 76.1 Å². The third-order valence-corrected chi connectivity index (χ3v) is 25.7. The van der Waals surface area contributed by atoms with Crippen molar-refractivity contribution in [1.29, 1.82) is 0 Å². The Bertz CT molecular complexity index is 9500. The first-order valence-corrected chi connectivity index (χ1v) is 42.8. The van der Waals surface area contributed by atoms with Gasteiger partial charge in [-0.1, -0.05) is 406 Å². The average molecular weight is 1620 g/mol. The van der Waals surface area contributed by atoms with Gasteiger partial charge in [-0.2, -0.15) is 0 Å². The summed E-state index contributed by atoms with van der Waals surface area (Å²) in [6, 6.07) is 136. The quantitative estimate of drug-likeness (QED) is 0.107. The van der Waals surface area contributed by atoms with Crippen molar-refractivity contribution >= 4 is 163 Å². The molecule has 24 aromatic carbocycles. The molecule has 0 aliphatic rings. The molecule has 0 amide bonds.